The van der Waals surface area contributed by atoms with Gasteiger partial charge in [0.25, 0.3) is 0 Å². The van der Waals surface area contributed by atoms with E-state index in [2.05, 4.69) is 0 Å². The molecule has 0 amide bonds. The van der Waals surface area contributed by atoms with Crippen LogP contribution in [0, 0.1) is 0 Å². The minimum Gasteiger partial charge on any atom is -0.507 e. The first kappa shape index (κ1) is 41.5. The monoisotopic (exact) mass is 666 g/mol. The van der Waals surface area contributed by atoms with Gasteiger partial charge in [0.1, 0.15) is 33.9 Å². The van der Waals surface area contributed by atoms with E-state index >= 15 is 0 Å². The van der Waals surface area contributed by atoms with Crippen LogP contribution in [0.15, 0.2) is 36.4 Å². The first-order valence-corrected chi connectivity index (χ1v) is 16.3. The maximum atomic E-state index is 11.0. The molecule has 0 heterocycles. The van der Waals surface area contributed by atoms with Crippen molar-refractivity contribution in [1.29, 1.82) is 0 Å². The molecule has 48 heavy (non-hydrogen) atoms. The Morgan fingerprint density at radius 2 is 0.562 bits per heavy atom. The Morgan fingerprint density at radius 1 is 0.375 bits per heavy atom. The molecule has 0 bridgehead atoms. The quantitative estimate of drug-likeness (QED) is 0.130. The predicted octanol–water partition coefficient (Wildman–Crippen LogP) is 10.0. The number of carboxylic acids is 3. The highest BCUT2D eigenvalue weighted by Crippen LogP contribution is 2.35. The van der Waals surface area contributed by atoms with E-state index in [1.807, 2.05) is 101 Å². The summed E-state index contributed by atoms with van der Waals surface area (Å²) in [4.78, 5) is 33.0. The third-order valence-corrected chi connectivity index (χ3v) is 8.04. The van der Waals surface area contributed by atoms with E-state index in [1.165, 1.54) is 0 Å². The van der Waals surface area contributed by atoms with Crippen molar-refractivity contribution in [3.8, 4) is 17.2 Å². The molecule has 0 spiro atoms. The van der Waals surface area contributed by atoms with E-state index in [9.17, 15) is 29.7 Å². The van der Waals surface area contributed by atoms with E-state index < -0.39 is 17.9 Å². The number of hydrogen-bond donors (Lipinski definition) is 6. The Labute approximate surface area is 284 Å². The molecular weight excluding hydrogens is 612 g/mol. The molecule has 3 aromatic carbocycles. The minimum atomic E-state index is -1.08. The number of carbonyl (C=O) groups is 3. The number of phenols is 3. The van der Waals surface area contributed by atoms with E-state index in [0.717, 1.165) is 16.7 Å². The molecule has 0 radical (unpaired) electrons. The van der Waals surface area contributed by atoms with Crippen LogP contribution in [0.3, 0.4) is 0 Å². The zero-order chi connectivity index (χ0) is 37.4. The fourth-order valence-corrected chi connectivity index (χ4v) is 4.85. The SMILES string of the molecule is CC(C)c1cc(C(=O)O)c(O)c(C(C)C)c1.CC(C)c1cc(C(=O)O)c(O)c(C(C)C)c1.CC(C)c1cc(C(=O)O)c(O)c(C(C)C)c1. The second kappa shape index (κ2) is 17.6. The lowest BCUT2D eigenvalue weighted by atomic mass is 9.92. The third kappa shape index (κ3) is 10.8. The molecule has 9 nitrogen and oxygen atoms in total. The van der Waals surface area contributed by atoms with Crippen LogP contribution < -0.4 is 0 Å². The molecule has 264 valence electrons. The topological polar surface area (TPSA) is 173 Å². The number of aromatic hydroxyl groups is 3. The van der Waals surface area contributed by atoms with Gasteiger partial charge in [-0.2, -0.15) is 0 Å². The molecule has 0 aliphatic heterocycles. The highest BCUT2D eigenvalue weighted by molar-refractivity contribution is 5.93. The smallest absolute Gasteiger partial charge is 0.339 e. The summed E-state index contributed by atoms with van der Waals surface area (Å²) in [7, 11) is 0. The van der Waals surface area contributed by atoms with Gasteiger partial charge >= 0.3 is 17.9 Å². The van der Waals surface area contributed by atoms with Gasteiger partial charge in [-0.15, -0.1) is 0 Å². The zero-order valence-electron chi connectivity index (χ0n) is 30.3. The molecular formula is C39H54O9. The van der Waals surface area contributed by atoms with Crippen LogP contribution in [0.25, 0.3) is 0 Å². The van der Waals surface area contributed by atoms with Crippen molar-refractivity contribution in [2.24, 2.45) is 0 Å². The lowest BCUT2D eigenvalue weighted by Gasteiger charge is -2.15. The average Bonchev–Trinajstić information content (AvgIpc) is 2.96. The minimum absolute atomic E-state index is 0.00472. The van der Waals surface area contributed by atoms with Crippen LogP contribution in [0.5, 0.6) is 17.2 Å². The maximum Gasteiger partial charge on any atom is 0.339 e. The standard InChI is InChI=1S/3C13H18O3/c3*1-7(2)9-5-10(8(3)4)12(14)11(6-9)13(15)16/h3*5-8,14H,1-4H3,(H,15,16). The molecule has 0 saturated carbocycles. The summed E-state index contributed by atoms with van der Waals surface area (Å²) < 4.78 is 0. The predicted molar refractivity (Wildman–Crippen MR) is 190 cm³/mol. The number of carboxylic acid groups (broad SMARTS) is 3. The highest BCUT2D eigenvalue weighted by Gasteiger charge is 2.20. The van der Waals surface area contributed by atoms with Crippen LogP contribution in [0.4, 0.5) is 0 Å². The Bertz CT molecular complexity index is 1410. The van der Waals surface area contributed by atoms with Crippen molar-refractivity contribution >= 4 is 17.9 Å². The van der Waals surface area contributed by atoms with Crippen LogP contribution >= 0.6 is 0 Å². The van der Waals surface area contributed by atoms with Gasteiger partial charge in [-0.3, -0.25) is 0 Å². The summed E-state index contributed by atoms with van der Waals surface area (Å²) in [6.07, 6.45) is 0. The van der Waals surface area contributed by atoms with Gasteiger partial charge < -0.3 is 30.6 Å². The third-order valence-electron chi connectivity index (χ3n) is 8.04. The highest BCUT2D eigenvalue weighted by atomic mass is 16.4. The Kier molecular flexibility index (Phi) is 15.2. The zero-order valence-corrected chi connectivity index (χ0v) is 30.3. The summed E-state index contributed by atoms with van der Waals surface area (Å²) in [6, 6.07) is 10.3. The van der Waals surface area contributed by atoms with E-state index in [1.54, 1.807) is 18.2 Å². The van der Waals surface area contributed by atoms with Gasteiger partial charge in [0, 0.05) is 0 Å². The van der Waals surface area contributed by atoms with Crippen molar-refractivity contribution in [3.63, 3.8) is 0 Å². The molecule has 0 aliphatic rings. The van der Waals surface area contributed by atoms with Crippen molar-refractivity contribution in [2.75, 3.05) is 0 Å². The molecule has 0 fully saturated rings. The molecule has 0 unspecified atom stereocenters. The molecule has 0 atom stereocenters. The van der Waals surface area contributed by atoms with E-state index in [0.29, 0.717) is 16.7 Å². The summed E-state index contributed by atoms with van der Waals surface area (Å²) >= 11 is 0. The fourth-order valence-electron chi connectivity index (χ4n) is 4.85. The van der Waals surface area contributed by atoms with E-state index in [4.69, 9.17) is 15.3 Å². The Hall–Kier alpha value is -4.53. The van der Waals surface area contributed by atoms with Crippen molar-refractivity contribution in [1.82, 2.24) is 0 Å². The molecule has 3 rings (SSSR count). The fraction of sp³-hybridized carbons (Fsp3) is 0.462. The molecule has 0 aromatic heterocycles. The summed E-state index contributed by atoms with van der Waals surface area (Å²) in [5.41, 5.74) is 4.91. The van der Waals surface area contributed by atoms with Crippen molar-refractivity contribution in [3.05, 3.63) is 86.5 Å². The molecule has 9 heteroatoms. The second-order valence-corrected chi connectivity index (χ2v) is 13.9. The van der Waals surface area contributed by atoms with Gasteiger partial charge in [0.15, 0.2) is 0 Å². The first-order chi connectivity index (χ1) is 22.0. The summed E-state index contributed by atoms with van der Waals surface area (Å²) in [6.45, 7) is 23.6. The number of aromatic carboxylic acids is 3. The van der Waals surface area contributed by atoms with Gasteiger partial charge in [-0.1, -0.05) is 101 Å². The number of hydrogen-bond acceptors (Lipinski definition) is 6. The Morgan fingerprint density at radius 3 is 0.688 bits per heavy atom. The number of benzene rings is 3. The lowest BCUT2D eigenvalue weighted by Crippen LogP contribution is -2.03. The summed E-state index contributed by atoms with van der Waals surface area (Å²) in [5.74, 6) is -2.49. The normalized spacial score (nSPS) is 11.1. The van der Waals surface area contributed by atoms with Crippen LogP contribution in [-0.4, -0.2) is 48.5 Å². The lowest BCUT2D eigenvalue weighted by molar-refractivity contribution is 0.0682. The van der Waals surface area contributed by atoms with Gasteiger partial charge in [0.2, 0.25) is 0 Å². The molecule has 0 aliphatic carbocycles. The van der Waals surface area contributed by atoms with E-state index in [-0.39, 0.29) is 69.4 Å². The summed E-state index contributed by atoms with van der Waals surface area (Å²) in [5, 5.41) is 56.6. The van der Waals surface area contributed by atoms with Crippen molar-refractivity contribution < 1.29 is 45.0 Å². The molecule has 3 aromatic rings. The Balaban J connectivity index is 0.000000360. The van der Waals surface area contributed by atoms with Gasteiger partial charge in [0.05, 0.1) is 0 Å². The number of rotatable bonds is 9. The van der Waals surface area contributed by atoms with Gasteiger partial charge in [-0.05, 0) is 87.1 Å². The van der Waals surface area contributed by atoms with Crippen molar-refractivity contribution in [2.45, 2.75) is 119 Å². The van der Waals surface area contributed by atoms with Crippen LogP contribution in [-0.2, 0) is 0 Å². The average molecular weight is 667 g/mol. The van der Waals surface area contributed by atoms with Crippen LogP contribution in [0.1, 0.15) is 183 Å². The van der Waals surface area contributed by atoms with Crippen LogP contribution in [0.2, 0.25) is 0 Å². The molecule has 0 saturated heterocycles. The maximum absolute atomic E-state index is 11.0. The first-order valence-electron chi connectivity index (χ1n) is 16.3. The second-order valence-electron chi connectivity index (χ2n) is 13.9. The largest absolute Gasteiger partial charge is 0.507 e. The molecule has 6 N–H and O–H groups in total. The van der Waals surface area contributed by atoms with Gasteiger partial charge in [-0.25, -0.2) is 14.4 Å².